The third kappa shape index (κ3) is 11.4. The van der Waals surface area contributed by atoms with Crippen molar-refractivity contribution in [1.82, 2.24) is 0 Å². The van der Waals surface area contributed by atoms with Gasteiger partial charge < -0.3 is 15.6 Å². The highest BCUT2D eigenvalue weighted by molar-refractivity contribution is 5.67. The van der Waals surface area contributed by atoms with E-state index in [1.54, 1.807) is 0 Å². The molecule has 0 atom stereocenters. The topological polar surface area (TPSA) is 72.5 Å². The third-order valence-electron chi connectivity index (χ3n) is 1.72. The average molecular weight is 189 g/mol. The first kappa shape index (κ1) is 12.4. The van der Waals surface area contributed by atoms with Crippen LogP contribution in [0.15, 0.2) is 0 Å². The second-order valence-corrected chi connectivity index (χ2v) is 3.00. The van der Waals surface area contributed by atoms with Crippen molar-refractivity contribution in [3.63, 3.8) is 0 Å². The highest BCUT2D eigenvalue weighted by Gasteiger charge is 1.95. The summed E-state index contributed by atoms with van der Waals surface area (Å²) in [6.45, 7) is 1.13. The fraction of sp³-hybridized carbons (Fsp3) is 0.889. The van der Waals surface area contributed by atoms with Crippen molar-refractivity contribution in [2.45, 2.75) is 32.1 Å². The van der Waals surface area contributed by atoms with Crippen LogP contribution in [0, 0.1) is 0 Å². The number of unbranched alkanes of at least 4 members (excludes halogenated alkanes) is 4. The summed E-state index contributed by atoms with van der Waals surface area (Å²) in [6, 6.07) is 0. The van der Waals surface area contributed by atoms with Crippen LogP contribution < -0.4 is 5.73 Å². The molecule has 78 valence electrons. The largest absolute Gasteiger partial charge is 0.480 e. The van der Waals surface area contributed by atoms with Gasteiger partial charge in [-0.15, -0.1) is 0 Å². The molecule has 0 aliphatic heterocycles. The molecule has 0 spiro atoms. The average Bonchev–Trinajstić information content (AvgIpc) is 2.09. The Balaban J connectivity index is 2.87. The van der Waals surface area contributed by atoms with Crippen LogP contribution in [0.5, 0.6) is 0 Å². The summed E-state index contributed by atoms with van der Waals surface area (Å²) < 4.78 is 4.88. The van der Waals surface area contributed by atoms with Gasteiger partial charge in [0.2, 0.25) is 0 Å². The van der Waals surface area contributed by atoms with Crippen LogP contribution in [-0.2, 0) is 9.53 Å². The van der Waals surface area contributed by atoms with Gasteiger partial charge in [0.25, 0.3) is 0 Å². The molecule has 13 heavy (non-hydrogen) atoms. The molecule has 0 bridgehead atoms. The number of rotatable bonds is 9. The lowest BCUT2D eigenvalue weighted by molar-refractivity contribution is -0.142. The summed E-state index contributed by atoms with van der Waals surface area (Å²) in [5.74, 6) is -0.900. The van der Waals surface area contributed by atoms with Crippen molar-refractivity contribution in [1.29, 1.82) is 0 Å². The second-order valence-electron chi connectivity index (χ2n) is 3.00. The van der Waals surface area contributed by atoms with E-state index >= 15 is 0 Å². The van der Waals surface area contributed by atoms with Gasteiger partial charge in [-0.1, -0.05) is 19.3 Å². The fourth-order valence-corrected chi connectivity index (χ4v) is 1.04. The molecule has 0 aromatic heterocycles. The zero-order valence-corrected chi connectivity index (χ0v) is 8.00. The monoisotopic (exact) mass is 189 g/mol. The molecule has 0 aliphatic rings. The first-order valence-corrected chi connectivity index (χ1v) is 4.77. The van der Waals surface area contributed by atoms with Crippen LogP contribution in [0.2, 0.25) is 0 Å². The zero-order chi connectivity index (χ0) is 9.94. The summed E-state index contributed by atoms with van der Waals surface area (Å²) in [4.78, 5) is 10.0. The molecule has 0 saturated carbocycles. The van der Waals surface area contributed by atoms with Gasteiger partial charge in [0.15, 0.2) is 0 Å². The third-order valence-corrected chi connectivity index (χ3v) is 1.72. The van der Waals surface area contributed by atoms with E-state index in [9.17, 15) is 4.79 Å². The molecule has 0 aromatic carbocycles. The Morgan fingerprint density at radius 2 is 1.77 bits per heavy atom. The van der Waals surface area contributed by atoms with E-state index in [-0.39, 0.29) is 6.61 Å². The van der Waals surface area contributed by atoms with Gasteiger partial charge >= 0.3 is 5.97 Å². The maximum atomic E-state index is 10.0. The minimum atomic E-state index is -0.900. The molecule has 0 unspecified atom stereocenters. The van der Waals surface area contributed by atoms with E-state index in [2.05, 4.69) is 0 Å². The van der Waals surface area contributed by atoms with E-state index in [0.717, 1.165) is 38.6 Å². The number of hydrogen-bond donors (Lipinski definition) is 2. The quantitative estimate of drug-likeness (QED) is 0.531. The van der Waals surface area contributed by atoms with E-state index in [1.807, 2.05) is 0 Å². The number of carboxylic acid groups (broad SMARTS) is 1. The number of aliphatic carboxylic acids is 1. The fourth-order valence-electron chi connectivity index (χ4n) is 1.04. The summed E-state index contributed by atoms with van der Waals surface area (Å²) in [5, 5.41) is 8.25. The summed E-state index contributed by atoms with van der Waals surface area (Å²) in [6.07, 6.45) is 5.44. The van der Waals surface area contributed by atoms with Crippen molar-refractivity contribution < 1.29 is 14.6 Å². The van der Waals surface area contributed by atoms with Crippen LogP contribution in [-0.4, -0.2) is 30.8 Å². The van der Waals surface area contributed by atoms with Crippen LogP contribution >= 0.6 is 0 Å². The Morgan fingerprint density at radius 3 is 2.38 bits per heavy atom. The highest BCUT2D eigenvalue weighted by Crippen LogP contribution is 2.01. The summed E-state index contributed by atoms with van der Waals surface area (Å²) in [5.41, 5.74) is 5.33. The molecule has 0 heterocycles. The van der Waals surface area contributed by atoms with Crippen molar-refractivity contribution in [2.75, 3.05) is 19.8 Å². The molecule has 0 rings (SSSR count). The van der Waals surface area contributed by atoms with Crippen molar-refractivity contribution in [3.8, 4) is 0 Å². The van der Waals surface area contributed by atoms with Gasteiger partial charge in [-0.25, -0.2) is 4.79 Å². The molecular weight excluding hydrogens is 170 g/mol. The van der Waals surface area contributed by atoms with Gasteiger partial charge in [-0.3, -0.25) is 0 Å². The van der Waals surface area contributed by atoms with Gasteiger partial charge in [0, 0.05) is 6.61 Å². The predicted octanol–water partition coefficient (Wildman–Crippen LogP) is 0.997. The zero-order valence-electron chi connectivity index (χ0n) is 8.00. The Hall–Kier alpha value is -0.610. The van der Waals surface area contributed by atoms with E-state index < -0.39 is 5.97 Å². The SMILES string of the molecule is NCCCCCCCOCC(=O)O. The van der Waals surface area contributed by atoms with E-state index in [0.29, 0.717) is 6.61 Å². The lowest BCUT2D eigenvalue weighted by atomic mass is 10.1. The summed E-state index contributed by atoms with van der Waals surface area (Å²) >= 11 is 0. The molecule has 0 saturated heterocycles. The van der Waals surface area contributed by atoms with Crippen LogP contribution in [0.1, 0.15) is 32.1 Å². The van der Waals surface area contributed by atoms with Crippen molar-refractivity contribution in [2.24, 2.45) is 5.73 Å². The molecule has 0 amide bonds. The van der Waals surface area contributed by atoms with Crippen LogP contribution in [0.25, 0.3) is 0 Å². The molecule has 0 radical (unpaired) electrons. The van der Waals surface area contributed by atoms with Gasteiger partial charge in [0.05, 0.1) is 0 Å². The second kappa shape index (κ2) is 9.48. The molecule has 3 N–H and O–H groups in total. The van der Waals surface area contributed by atoms with Gasteiger partial charge in [0.1, 0.15) is 6.61 Å². The minimum Gasteiger partial charge on any atom is -0.480 e. The van der Waals surface area contributed by atoms with Crippen LogP contribution in [0.4, 0.5) is 0 Å². The van der Waals surface area contributed by atoms with E-state index in [1.165, 1.54) is 0 Å². The molecule has 4 nitrogen and oxygen atoms in total. The van der Waals surface area contributed by atoms with Crippen molar-refractivity contribution in [3.05, 3.63) is 0 Å². The van der Waals surface area contributed by atoms with Gasteiger partial charge in [-0.2, -0.15) is 0 Å². The smallest absolute Gasteiger partial charge is 0.329 e. The first-order valence-electron chi connectivity index (χ1n) is 4.77. The number of nitrogens with two attached hydrogens (primary N) is 1. The summed E-state index contributed by atoms with van der Waals surface area (Å²) in [7, 11) is 0. The normalized spacial score (nSPS) is 10.2. The molecule has 0 fully saturated rings. The van der Waals surface area contributed by atoms with Crippen LogP contribution in [0.3, 0.4) is 0 Å². The maximum Gasteiger partial charge on any atom is 0.329 e. The Labute approximate surface area is 79.1 Å². The lowest BCUT2D eigenvalue weighted by Gasteiger charge is -2.01. The number of carboxylic acids is 1. The Bertz CT molecular complexity index is 128. The Kier molecular flexibility index (Phi) is 9.03. The van der Waals surface area contributed by atoms with Gasteiger partial charge in [-0.05, 0) is 19.4 Å². The Morgan fingerprint density at radius 1 is 1.15 bits per heavy atom. The van der Waals surface area contributed by atoms with Crippen molar-refractivity contribution >= 4 is 5.97 Å². The molecular formula is C9H19NO3. The van der Waals surface area contributed by atoms with E-state index in [4.69, 9.17) is 15.6 Å². The molecule has 0 aliphatic carbocycles. The maximum absolute atomic E-state index is 10.0. The molecule has 0 aromatic rings. The number of hydrogen-bond acceptors (Lipinski definition) is 3. The number of carbonyl (C=O) groups is 1. The highest BCUT2D eigenvalue weighted by atomic mass is 16.5. The number of ether oxygens (including phenoxy) is 1. The predicted molar refractivity (Wildman–Crippen MR) is 50.6 cm³/mol. The standard InChI is InChI=1S/C9H19NO3/c10-6-4-2-1-3-5-7-13-8-9(11)12/h1-8,10H2,(H,11,12). The minimum absolute atomic E-state index is 0.178. The first-order chi connectivity index (χ1) is 6.27. The lowest BCUT2D eigenvalue weighted by Crippen LogP contribution is -2.07. The molecule has 4 heteroatoms.